The predicted octanol–water partition coefficient (Wildman–Crippen LogP) is 4.25. The third-order valence-corrected chi connectivity index (χ3v) is 5.09. The van der Waals surface area contributed by atoms with E-state index in [0.717, 1.165) is 54.0 Å². The minimum Gasteiger partial charge on any atom is -0.497 e. The lowest BCUT2D eigenvalue weighted by Crippen LogP contribution is -2.38. The van der Waals surface area contributed by atoms with Gasteiger partial charge in [-0.05, 0) is 62.1 Å². The van der Waals surface area contributed by atoms with Crippen LogP contribution in [0.3, 0.4) is 0 Å². The standard InChI is InChI=1S/C21H23N3O2/c1-14-22-18-10-9-16(13-19(18)23-14)21(25)24-11-4-3-8-20(24)15-6-5-7-17(12-15)26-2/h5-7,9-10,12-13,20H,3-4,8,11H2,1-2H3,(H,22,23)/t20-/m0/s1. The average molecular weight is 349 g/mol. The number of likely N-dealkylation sites (tertiary alicyclic amines) is 1. The van der Waals surface area contributed by atoms with Crippen molar-refractivity contribution >= 4 is 16.9 Å². The molecule has 0 aliphatic carbocycles. The van der Waals surface area contributed by atoms with E-state index in [1.54, 1.807) is 7.11 Å². The second-order valence-electron chi connectivity index (χ2n) is 6.84. The molecular formula is C21H23N3O2. The zero-order valence-corrected chi connectivity index (χ0v) is 15.2. The van der Waals surface area contributed by atoms with Crippen molar-refractivity contribution in [3.8, 4) is 5.75 Å². The van der Waals surface area contributed by atoms with E-state index in [1.807, 2.05) is 48.2 Å². The van der Waals surface area contributed by atoms with Gasteiger partial charge in [0.25, 0.3) is 5.91 Å². The van der Waals surface area contributed by atoms with Crippen LogP contribution < -0.4 is 4.74 Å². The summed E-state index contributed by atoms with van der Waals surface area (Å²) < 4.78 is 5.36. The molecule has 0 unspecified atom stereocenters. The molecule has 1 atom stereocenters. The highest BCUT2D eigenvalue weighted by Gasteiger charge is 2.29. The lowest BCUT2D eigenvalue weighted by molar-refractivity contribution is 0.0611. The zero-order chi connectivity index (χ0) is 18.1. The minimum atomic E-state index is 0.0756. The third kappa shape index (κ3) is 3.05. The first-order chi connectivity index (χ1) is 12.7. The molecule has 0 bridgehead atoms. The van der Waals surface area contributed by atoms with Crippen LogP contribution in [0.4, 0.5) is 0 Å². The van der Waals surface area contributed by atoms with Crippen molar-refractivity contribution in [3.63, 3.8) is 0 Å². The lowest BCUT2D eigenvalue weighted by Gasteiger charge is -2.36. The van der Waals surface area contributed by atoms with Crippen LogP contribution in [0, 0.1) is 6.92 Å². The molecule has 0 spiro atoms. The Bertz CT molecular complexity index is 947. The van der Waals surface area contributed by atoms with Crippen LogP contribution in [0.5, 0.6) is 5.75 Å². The zero-order valence-electron chi connectivity index (χ0n) is 15.2. The lowest BCUT2D eigenvalue weighted by atomic mass is 9.94. The molecular weight excluding hydrogens is 326 g/mol. The number of hydrogen-bond acceptors (Lipinski definition) is 3. The average Bonchev–Trinajstić information content (AvgIpc) is 3.06. The van der Waals surface area contributed by atoms with Crippen LogP contribution in [0.1, 0.15) is 47.1 Å². The molecule has 1 aromatic heterocycles. The van der Waals surface area contributed by atoms with Crippen LogP contribution in [0.2, 0.25) is 0 Å². The monoisotopic (exact) mass is 349 g/mol. The number of amides is 1. The number of aromatic amines is 1. The number of ether oxygens (including phenoxy) is 1. The highest BCUT2D eigenvalue weighted by atomic mass is 16.5. The minimum absolute atomic E-state index is 0.0756. The molecule has 4 rings (SSSR count). The van der Waals surface area contributed by atoms with Crippen molar-refractivity contribution in [1.29, 1.82) is 0 Å². The molecule has 1 saturated heterocycles. The second kappa shape index (κ2) is 6.83. The van der Waals surface area contributed by atoms with Gasteiger partial charge in [0.15, 0.2) is 0 Å². The van der Waals surface area contributed by atoms with Crippen LogP contribution in [0.15, 0.2) is 42.5 Å². The summed E-state index contributed by atoms with van der Waals surface area (Å²) in [5.74, 6) is 1.76. The Morgan fingerprint density at radius 1 is 1.23 bits per heavy atom. The van der Waals surface area contributed by atoms with Gasteiger partial charge in [-0.2, -0.15) is 0 Å². The van der Waals surface area contributed by atoms with Crippen LogP contribution in [-0.4, -0.2) is 34.4 Å². The fourth-order valence-electron chi connectivity index (χ4n) is 3.81. The molecule has 1 aliphatic heterocycles. The molecule has 1 N–H and O–H groups in total. The van der Waals surface area contributed by atoms with E-state index in [-0.39, 0.29) is 11.9 Å². The Morgan fingerprint density at radius 3 is 2.96 bits per heavy atom. The topological polar surface area (TPSA) is 58.2 Å². The highest BCUT2D eigenvalue weighted by molar-refractivity contribution is 5.97. The van der Waals surface area contributed by atoms with Crippen LogP contribution in [0.25, 0.3) is 11.0 Å². The smallest absolute Gasteiger partial charge is 0.254 e. The predicted molar refractivity (Wildman–Crippen MR) is 101 cm³/mol. The molecule has 5 nitrogen and oxygen atoms in total. The normalized spacial score (nSPS) is 17.5. The van der Waals surface area contributed by atoms with Crippen molar-refractivity contribution in [3.05, 3.63) is 59.4 Å². The number of H-pyrrole nitrogens is 1. The largest absolute Gasteiger partial charge is 0.497 e. The number of carbonyl (C=O) groups is 1. The van der Waals surface area contributed by atoms with E-state index >= 15 is 0 Å². The Kier molecular flexibility index (Phi) is 4.37. The van der Waals surface area contributed by atoms with E-state index in [0.29, 0.717) is 5.56 Å². The molecule has 0 radical (unpaired) electrons. The molecule has 26 heavy (non-hydrogen) atoms. The summed E-state index contributed by atoms with van der Waals surface area (Å²) >= 11 is 0. The molecule has 1 aliphatic rings. The Labute approximate surface area is 153 Å². The first-order valence-corrected chi connectivity index (χ1v) is 9.07. The fourth-order valence-corrected chi connectivity index (χ4v) is 3.81. The number of benzene rings is 2. The van der Waals surface area contributed by atoms with Gasteiger partial charge in [-0.1, -0.05) is 12.1 Å². The number of nitrogens with zero attached hydrogens (tertiary/aromatic N) is 2. The number of hydrogen-bond donors (Lipinski definition) is 1. The Morgan fingerprint density at radius 2 is 2.12 bits per heavy atom. The summed E-state index contributed by atoms with van der Waals surface area (Å²) in [6.07, 6.45) is 3.15. The molecule has 2 heterocycles. The van der Waals surface area contributed by atoms with Gasteiger partial charge in [-0.3, -0.25) is 4.79 Å². The molecule has 2 aromatic carbocycles. The van der Waals surface area contributed by atoms with Gasteiger partial charge in [0, 0.05) is 12.1 Å². The summed E-state index contributed by atoms with van der Waals surface area (Å²) in [6, 6.07) is 13.8. The number of piperidine rings is 1. The number of carbonyl (C=O) groups excluding carboxylic acids is 1. The maximum atomic E-state index is 13.2. The van der Waals surface area contributed by atoms with Gasteiger partial charge < -0.3 is 14.6 Å². The van der Waals surface area contributed by atoms with E-state index in [1.165, 1.54) is 0 Å². The number of methoxy groups -OCH3 is 1. The van der Waals surface area contributed by atoms with Crippen LogP contribution >= 0.6 is 0 Å². The first kappa shape index (κ1) is 16.6. The van der Waals surface area contributed by atoms with E-state index in [4.69, 9.17) is 4.74 Å². The van der Waals surface area contributed by atoms with Crippen molar-refractivity contribution < 1.29 is 9.53 Å². The van der Waals surface area contributed by atoms with Gasteiger partial charge in [0.2, 0.25) is 0 Å². The fraction of sp³-hybridized carbons (Fsp3) is 0.333. The molecule has 3 aromatic rings. The van der Waals surface area contributed by atoms with E-state index in [2.05, 4.69) is 16.0 Å². The maximum absolute atomic E-state index is 13.2. The van der Waals surface area contributed by atoms with Crippen molar-refractivity contribution in [2.45, 2.75) is 32.2 Å². The highest BCUT2D eigenvalue weighted by Crippen LogP contribution is 2.33. The number of imidazole rings is 1. The summed E-state index contributed by atoms with van der Waals surface area (Å²) in [5, 5.41) is 0. The maximum Gasteiger partial charge on any atom is 0.254 e. The summed E-state index contributed by atoms with van der Waals surface area (Å²) in [4.78, 5) is 22.9. The van der Waals surface area contributed by atoms with E-state index in [9.17, 15) is 4.79 Å². The number of rotatable bonds is 3. The Balaban J connectivity index is 1.66. The summed E-state index contributed by atoms with van der Waals surface area (Å²) in [7, 11) is 1.67. The number of aryl methyl sites for hydroxylation is 1. The second-order valence-corrected chi connectivity index (χ2v) is 6.84. The van der Waals surface area contributed by atoms with Gasteiger partial charge >= 0.3 is 0 Å². The third-order valence-electron chi connectivity index (χ3n) is 5.09. The van der Waals surface area contributed by atoms with Crippen LogP contribution in [-0.2, 0) is 0 Å². The van der Waals surface area contributed by atoms with Gasteiger partial charge in [0.05, 0.1) is 24.2 Å². The molecule has 5 heteroatoms. The quantitative estimate of drug-likeness (QED) is 0.769. The molecule has 1 amide bonds. The summed E-state index contributed by atoms with van der Waals surface area (Å²) in [6.45, 7) is 2.70. The molecule has 0 saturated carbocycles. The van der Waals surface area contributed by atoms with Gasteiger partial charge in [-0.15, -0.1) is 0 Å². The SMILES string of the molecule is COc1cccc([C@@H]2CCCCN2C(=O)c2ccc3nc(C)[nH]c3c2)c1. The molecule has 1 fully saturated rings. The first-order valence-electron chi connectivity index (χ1n) is 9.07. The van der Waals surface area contributed by atoms with Crippen molar-refractivity contribution in [2.24, 2.45) is 0 Å². The van der Waals surface area contributed by atoms with Gasteiger partial charge in [-0.25, -0.2) is 4.98 Å². The number of nitrogens with one attached hydrogen (secondary N) is 1. The molecule has 134 valence electrons. The number of fused-ring (bicyclic) bond motifs is 1. The Hall–Kier alpha value is -2.82. The van der Waals surface area contributed by atoms with E-state index < -0.39 is 0 Å². The summed E-state index contributed by atoms with van der Waals surface area (Å²) in [5.41, 5.74) is 3.64. The van der Waals surface area contributed by atoms with Gasteiger partial charge in [0.1, 0.15) is 11.6 Å². The van der Waals surface area contributed by atoms with Crippen molar-refractivity contribution in [1.82, 2.24) is 14.9 Å². The number of aromatic nitrogens is 2. The van der Waals surface area contributed by atoms with Crippen molar-refractivity contribution in [2.75, 3.05) is 13.7 Å².